The monoisotopic (exact) mass is 576 g/mol. The summed E-state index contributed by atoms with van der Waals surface area (Å²) in [5, 5.41) is 5.74. The fourth-order valence-electron chi connectivity index (χ4n) is 5.92. The topological polar surface area (TPSA) is 134 Å². The number of benzene rings is 2. The Morgan fingerprint density at radius 3 is 2.26 bits per heavy atom. The molecule has 0 radical (unpaired) electrons. The van der Waals surface area contributed by atoms with Crippen molar-refractivity contribution in [2.24, 2.45) is 0 Å². The van der Waals surface area contributed by atoms with Crippen molar-refractivity contribution >= 4 is 29.6 Å². The smallest absolute Gasteiger partial charge is 0.310 e. The molecule has 0 aromatic heterocycles. The SMILES string of the molecule is CCOC1OC(=O)CC1NC(=O)[C@@H]1CN(C(=O)c2ccccc2)C[C@@H]2CCCC[C@H](NC(=O)c3ccccc3)C(=O)N21. The molecule has 5 atom stereocenters. The van der Waals surface area contributed by atoms with Gasteiger partial charge < -0.3 is 29.9 Å². The molecule has 11 nitrogen and oxygen atoms in total. The van der Waals surface area contributed by atoms with Crippen LogP contribution in [0.15, 0.2) is 60.7 Å². The van der Waals surface area contributed by atoms with Crippen LogP contribution in [-0.2, 0) is 23.9 Å². The number of ether oxygens (including phenoxy) is 2. The lowest BCUT2D eigenvalue weighted by atomic mass is 9.93. The van der Waals surface area contributed by atoms with Gasteiger partial charge in [-0.05, 0) is 44.0 Å². The number of nitrogens with zero attached hydrogens (tertiary/aromatic N) is 2. The van der Waals surface area contributed by atoms with Gasteiger partial charge in [0, 0.05) is 24.3 Å². The van der Waals surface area contributed by atoms with E-state index in [1.165, 1.54) is 0 Å². The first-order chi connectivity index (χ1) is 20.4. The van der Waals surface area contributed by atoms with Crippen LogP contribution in [0, 0.1) is 0 Å². The van der Waals surface area contributed by atoms with Crippen LogP contribution in [0.2, 0.25) is 0 Å². The highest BCUT2D eigenvalue weighted by molar-refractivity contribution is 5.99. The molecule has 2 aromatic rings. The van der Waals surface area contributed by atoms with Crippen LogP contribution in [0.3, 0.4) is 0 Å². The van der Waals surface area contributed by atoms with Gasteiger partial charge >= 0.3 is 5.97 Å². The molecule has 3 heterocycles. The maximum atomic E-state index is 14.1. The van der Waals surface area contributed by atoms with Gasteiger partial charge in [0.2, 0.25) is 18.1 Å². The third-order valence-electron chi connectivity index (χ3n) is 7.96. The fourth-order valence-corrected chi connectivity index (χ4v) is 5.92. The molecule has 0 aliphatic carbocycles. The van der Waals surface area contributed by atoms with Gasteiger partial charge in [0.15, 0.2) is 0 Å². The molecule has 0 bridgehead atoms. The summed E-state index contributed by atoms with van der Waals surface area (Å²) in [5.74, 6) is -1.97. The predicted molar refractivity (Wildman–Crippen MR) is 151 cm³/mol. The number of fused-ring (bicyclic) bond motifs is 1. The molecule has 2 N–H and O–H groups in total. The number of carbonyl (C=O) groups excluding carboxylic acids is 5. The fraction of sp³-hybridized carbons (Fsp3) is 0.452. The Morgan fingerprint density at radius 2 is 1.57 bits per heavy atom. The molecule has 2 unspecified atom stereocenters. The standard InChI is InChI=1S/C31H36N4O7/c1-2-41-31-24(17-26(36)42-31)33-28(38)25-19-34(29(39)21-13-7-4-8-14-21)18-22-15-9-10-16-23(30(40)35(22)25)32-27(37)20-11-5-3-6-12-20/h3-8,11-14,22-25,31H,2,9-10,15-19H2,1H3,(H,32,37)(H,33,38)/t22-,23-,24?,25-,31?/m0/s1. The van der Waals surface area contributed by atoms with Crippen molar-refractivity contribution in [3.05, 3.63) is 71.8 Å². The van der Waals surface area contributed by atoms with E-state index in [-0.39, 0.29) is 43.8 Å². The molecule has 42 heavy (non-hydrogen) atoms. The van der Waals surface area contributed by atoms with Crippen LogP contribution in [0.5, 0.6) is 0 Å². The molecule has 2 aromatic carbocycles. The van der Waals surface area contributed by atoms with Gasteiger partial charge in [-0.3, -0.25) is 24.0 Å². The van der Waals surface area contributed by atoms with E-state index in [0.29, 0.717) is 30.4 Å². The highest BCUT2D eigenvalue weighted by Gasteiger charge is 2.47. The van der Waals surface area contributed by atoms with Crippen LogP contribution in [0.4, 0.5) is 0 Å². The van der Waals surface area contributed by atoms with Gasteiger partial charge in [-0.25, -0.2) is 0 Å². The summed E-state index contributed by atoms with van der Waals surface area (Å²) in [4.78, 5) is 69.8. The average molecular weight is 577 g/mol. The van der Waals surface area contributed by atoms with Crippen molar-refractivity contribution in [2.45, 2.75) is 69.5 Å². The van der Waals surface area contributed by atoms with E-state index in [0.717, 1.165) is 6.42 Å². The normalized spacial score (nSPS) is 26.0. The molecule has 0 saturated carbocycles. The third kappa shape index (κ3) is 6.46. The minimum Gasteiger partial charge on any atom is -0.433 e. The van der Waals surface area contributed by atoms with Gasteiger partial charge in [0.05, 0.1) is 19.0 Å². The quantitative estimate of drug-likeness (QED) is 0.481. The summed E-state index contributed by atoms with van der Waals surface area (Å²) in [7, 11) is 0. The number of cyclic esters (lactones) is 1. The summed E-state index contributed by atoms with van der Waals surface area (Å²) >= 11 is 0. The molecule has 0 spiro atoms. The van der Waals surface area contributed by atoms with Crippen molar-refractivity contribution in [3.8, 4) is 0 Å². The number of nitrogens with one attached hydrogen (secondary N) is 2. The lowest BCUT2D eigenvalue weighted by Crippen LogP contribution is -2.69. The van der Waals surface area contributed by atoms with E-state index in [2.05, 4.69) is 10.6 Å². The Kier molecular flexibility index (Phi) is 9.16. The van der Waals surface area contributed by atoms with Crippen LogP contribution in [-0.4, -0.2) is 89.6 Å². The summed E-state index contributed by atoms with van der Waals surface area (Å²) in [5.41, 5.74) is 0.922. The average Bonchev–Trinajstić information content (AvgIpc) is 3.35. The molecule has 3 fully saturated rings. The van der Waals surface area contributed by atoms with Crippen molar-refractivity contribution < 1.29 is 33.4 Å². The van der Waals surface area contributed by atoms with Gasteiger partial charge in [0.1, 0.15) is 18.1 Å². The second kappa shape index (κ2) is 13.2. The second-order valence-electron chi connectivity index (χ2n) is 10.8. The lowest BCUT2D eigenvalue weighted by molar-refractivity contribution is -0.165. The van der Waals surface area contributed by atoms with Gasteiger partial charge in [-0.15, -0.1) is 0 Å². The third-order valence-corrected chi connectivity index (χ3v) is 7.96. The molecular weight excluding hydrogens is 540 g/mol. The first-order valence-corrected chi connectivity index (χ1v) is 14.5. The molecular formula is C31H36N4O7. The molecule has 3 saturated heterocycles. The Bertz CT molecular complexity index is 1300. The van der Waals surface area contributed by atoms with E-state index in [4.69, 9.17) is 9.47 Å². The van der Waals surface area contributed by atoms with E-state index < -0.39 is 42.3 Å². The predicted octanol–water partition coefficient (Wildman–Crippen LogP) is 1.88. The maximum absolute atomic E-state index is 14.1. The maximum Gasteiger partial charge on any atom is 0.310 e. The van der Waals surface area contributed by atoms with Crippen LogP contribution >= 0.6 is 0 Å². The molecule has 5 rings (SSSR count). The summed E-state index contributed by atoms with van der Waals surface area (Å²) < 4.78 is 10.7. The molecule has 222 valence electrons. The zero-order chi connectivity index (χ0) is 29.6. The number of esters is 1. The van der Waals surface area contributed by atoms with E-state index in [9.17, 15) is 24.0 Å². The van der Waals surface area contributed by atoms with Crippen LogP contribution in [0.1, 0.15) is 59.7 Å². The van der Waals surface area contributed by atoms with Crippen molar-refractivity contribution in [3.63, 3.8) is 0 Å². The van der Waals surface area contributed by atoms with Gasteiger partial charge in [-0.1, -0.05) is 49.2 Å². The van der Waals surface area contributed by atoms with Gasteiger partial charge in [0.25, 0.3) is 11.8 Å². The van der Waals surface area contributed by atoms with E-state index >= 15 is 0 Å². The number of carbonyl (C=O) groups is 5. The Hall–Kier alpha value is -4.25. The molecule has 4 amide bonds. The van der Waals surface area contributed by atoms with Gasteiger partial charge in [-0.2, -0.15) is 0 Å². The first-order valence-electron chi connectivity index (χ1n) is 14.5. The van der Waals surface area contributed by atoms with Crippen molar-refractivity contribution in [1.82, 2.24) is 20.4 Å². The lowest BCUT2D eigenvalue weighted by Gasteiger charge is -2.48. The van der Waals surface area contributed by atoms with Crippen molar-refractivity contribution in [1.29, 1.82) is 0 Å². The number of piperazine rings is 1. The number of hydrogen-bond acceptors (Lipinski definition) is 7. The largest absolute Gasteiger partial charge is 0.433 e. The Morgan fingerprint density at radius 1 is 0.905 bits per heavy atom. The highest BCUT2D eigenvalue weighted by atomic mass is 16.7. The summed E-state index contributed by atoms with van der Waals surface area (Å²) in [6.07, 6.45) is 1.48. The van der Waals surface area contributed by atoms with Crippen LogP contribution in [0.25, 0.3) is 0 Å². The minimum absolute atomic E-state index is 0.0397. The van der Waals surface area contributed by atoms with Crippen LogP contribution < -0.4 is 10.6 Å². The second-order valence-corrected chi connectivity index (χ2v) is 10.8. The van der Waals surface area contributed by atoms with E-state index in [1.54, 1.807) is 71.3 Å². The number of rotatable bonds is 7. The Labute approximate surface area is 244 Å². The zero-order valence-corrected chi connectivity index (χ0v) is 23.6. The highest BCUT2D eigenvalue weighted by Crippen LogP contribution is 2.27. The molecule has 3 aliphatic heterocycles. The molecule has 11 heteroatoms. The summed E-state index contributed by atoms with van der Waals surface area (Å²) in [6.45, 7) is 2.26. The minimum atomic E-state index is -1.05. The number of hydrogen-bond donors (Lipinski definition) is 2. The first kappa shape index (κ1) is 29.2. The Balaban J connectivity index is 1.42. The van der Waals surface area contributed by atoms with E-state index in [1.807, 2.05) is 6.07 Å². The molecule has 3 aliphatic rings. The van der Waals surface area contributed by atoms with Crippen molar-refractivity contribution in [2.75, 3.05) is 19.7 Å². The summed E-state index contributed by atoms with van der Waals surface area (Å²) in [6, 6.07) is 14.4. The number of amides is 4. The zero-order valence-electron chi connectivity index (χ0n) is 23.6.